The lowest BCUT2D eigenvalue weighted by Crippen LogP contribution is -1.90. The third-order valence-electron chi connectivity index (χ3n) is 2.36. The molecule has 0 spiro atoms. The van der Waals surface area contributed by atoms with E-state index in [9.17, 15) is 0 Å². The van der Waals surface area contributed by atoms with Crippen LogP contribution in [0.2, 0.25) is 0 Å². The van der Waals surface area contributed by atoms with Gasteiger partial charge in [-0.3, -0.25) is 0 Å². The van der Waals surface area contributed by atoms with Gasteiger partial charge in [0.05, 0.1) is 18.2 Å². The fourth-order valence-electron chi connectivity index (χ4n) is 1.49. The molecule has 86 valence electrons. The second-order valence-corrected chi connectivity index (χ2v) is 4.43. The van der Waals surface area contributed by atoms with Crippen molar-refractivity contribution >= 4 is 17.0 Å². The lowest BCUT2D eigenvalue weighted by atomic mass is 10.4. The van der Waals surface area contributed by atoms with Gasteiger partial charge in [0, 0.05) is 7.05 Å². The van der Waals surface area contributed by atoms with Crippen LogP contribution in [-0.2, 0) is 7.05 Å². The van der Waals surface area contributed by atoms with Gasteiger partial charge in [-0.1, -0.05) is 5.16 Å². The molecule has 0 saturated carbocycles. The molecular weight excluding hydrogens is 238 g/mol. The molecule has 3 heterocycles. The van der Waals surface area contributed by atoms with Crippen LogP contribution in [0.25, 0.3) is 22.3 Å². The fraction of sp³-hybridized carbons (Fsp3) is 0.100. The van der Waals surface area contributed by atoms with Gasteiger partial charge in [0.15, 0.2) is 0 Å². The zero-order chi connectivity index (χ0) is 11.8. The molecule has 7 heteroatoms. The molecule has 6 nitrogen and oxygen atoms in total. The number of hydrogen-bond acceptors (Lipinski definition) is 6. The zero-order valence-corrected chi connectivity index (χ0v) is 9.81. The van der Waals surface area contributed by atoms with E-state index in [4.69, 9.17) is 10.3 Å². The lowest BCUT2D eigenvalue weighted by Gasteiger charge is -1.93. The molecule has 0 aliphatic rings. The maximum atomic E-state index is 5.80. The molecule has 0 amide bonds. The number of aromatic nitrogens is 4. The summed E-state index contributed by atoms with van der Waals surface area (Å²) in [7, 11) is 1.87. The Hall–Kier alpha value is -2.15. The van der Waals surface area contributed by atoms with Gasteiger partial charge in [-0.05, 0) is 11.4 Å². The molecule has 0 aliphatic heterocycles. The summed E-state index contributed by atoms with van der Waals surface area (Å²) in [5.41, 5.74) is 7.24. The molecule has 2 N–H and O–H groups in total. The zero-order valence-electron chi connectivity index (χ0n) is 8.99. The molecule has 0 unspecified atom stereocenters. The van der Waals surface area contributed by atoms with Crippen LogP contribution in [0.4, 0.5) is 5.69 Å². The van der Waals surface area contributed by atoms with Gasteiger partial charge < -0.3 is 14.8 Å². The van der Waals surface area contributed by atoms with Gasteiger partial charge >= 0.3 is 0 Å². The summed E-state index contributed by atoms with van der Waals surface area (Å²) in [6, 6.07) is 1.81. The number of imidazole rings is 1. The highest BCUT2D eigenvalue weighted by Crippen LogP contribution is 2.31. The van der Waals surface area contributed by atoms with E-state index in [1.165, 1.54) is 11.3 Å². The third kappa shape index (κ3) is 1.60. The fourth-order valence-corrected chi connectivity index (χ4v) is 2.22. The van der Waals surface area contributed by atoms with Crippen molar-refractivity contribution < 1.29 is 4.52 Å². The van der Waals surface area contributed by atoms with Crippen molar-refractivity contribution in [1.82, 2.24) is 19.7 Å². The van der Waals surface area contributed by atoms with Crippen LogP contribution in [0.1, 0.15) is 0 Å². The van der Waals surface area contributed by atoms with Crippen molar-refractivity contribution in [2.75, 3.05) is 5.73 Å². The smallest absolute Gasteiger partial charge is 0.270 e. The van der Waals surface area contributed by atoms with Crippen molar-refractivity contribution in [2.24, 2.45) is 7.05 Å². The molecular formula is C10H9N5OS. The van der Waals surface area contributed by atoms with E-state index in [1.807, 2.05) is 23.1 Å². The first-order chi connectivity index (χ1) is 8.25. The van der Waals surface area contributed by atoms with Crippen LogP contribution < -0.4 is 5.73 Å². The molecule has 3 aromatic heterocycles. The van der Waals surface area contributed by atoms with Crippen molar-refractivity contribution in [3.63, 3.8) is 0 Å². The summed E-state index contributed by atoms with van der Waals surface area (Å²) >= 11 is 1.47. The second kappa shape index (κ2) is 3.70. The number of nitrogen functional groups attached to an aromatic ring is 1. The molecule has 3 aromatic rings. The van der Waals surface area contributed by atoms with Crippen LogP contribution in [0.5, 0.6) is 0 Å². The Kier molecular flexibility index (Phi) is 2.19. The highest BCUT2D eigenvalue weighted by molar-refractivity contribution is 7.14. The van der Waals surface area contributed by atoms with Crippen LogP contribution in [-0.4, -0.2) is 19.7 Å². The monoisotopic (exact) mass is 247 g/mol. The number of aryl methyl sites for hydroxylation is 1. The number of rotatable bonds is 2. The van der Waals surface area contributed by atoms with Gasteiger partial charge in [-0.15, -0.1) is 11.3 Å². The Morgan fingerprint density at radius 1 is 1.47 bits per heavy atom. The largest absolute Gasteiger partial charge is 0.397 e. The van der Waals surface area contributed by atoms with E-state index in [1.54, 1.807) is 12.5 Å². The Labute approximate surface area is 101 Å². The first-order valence-electron chi connectivity index (χ1n) is 4.89. The first kappa shape index (κ1) is 10.0. The van der Waals surface area contributed by atoms with Crippen molar-refractivity contribution in [3.05, 3.63) is 24.0 Å². The van der Waals surface area contributed by atoms with Gasteiger partial charge in [-0.25, -0.2) is 4.98 Å². The summed E-state index contributed by atoms with van der Waals surface area (Å²) in [5, 5.41) is 5.81. The Morgan fingerprint density at radius 3 is 3.00 bits per heavy atom. The maximum absolute atomic E-state index is 5.80. The third-order valence-corrected chi connectivity index (χ3v) is 3.28. The summed E-state index contributed by atoms with van der Waals surface area (Å²) < 4.78 is 7.02. The summed E-state index contributed by atoms with van der Waals surface area (Å²) in [6.45, 7) is 0. The van der Waals surface area contributed by atoms with Crippen molar-refractivity contribution in [1.29, 1.82) is 0 Å². The number of anilines is 1. The number of hydrogen-bond donors (Lipinski definition) is 1. The van der Waals surface area contributed by atoms with Gasteiger partial charge in [-0.2, -0.15) is 4.98 Å². The minimum absolute atomic E-state index is 0.439. The van der Waals surface area contributed by atoms with Gasteiger partial charge in [0.25, 0.3) is 5.89 Å². The minimum Gasteiger partial charge on any atom is -0.397 e. The summed E-state index contributed by atoms with van der Waals surface area (Å²) in [5.74, 6) is 0.946. The Morgan fingerprint density at radius 2 is 2.35 bits per heavy atom. The lowest BCUT2D eigenvalue weighted by molar-refractivity contribution is 0.433. The van der Waals surface area contributed by atoms with Crippen LogP contribution >= 0.6 is 11.3 Å². The van der Waals surface area contributed by atoms with E-state index < -0.39 is 0 Å². The average Bonchev–Trinajstić information content (AvgIpc) is 2.97. The van der Waals surface area contributed by atoms with E-state index >= 15 is 0 Å². The SMILES string of the molecule is Cn1cncc1-c1noc(-c2sccc2N)n1. The molecule has 0 bridgehead atoms. The molecule has 0 aliphatic carbocycles. The normalized spacial score (nSPS) is 10.9. The van der Waals surface area contributed by atoms with Gasteiger partial charge in [0.1, 0.15) is 10.6 Å². The first-order valence-corrected chi connectivity index (χ1v) is 5.77. The van der Waals surface area contributed by atoms with Crippen LogP contribution in [0, 0.1) is 0 Å². The highest BCUT2D eigenvalue weighted by atomic mass is 32.1. The Balaban J connectivity index is 2.05. The number of nitrogens with zero attached hydrogens (tertiary/aromatic N) is 4. The summed E-state index contributed by atoms with van der Waals surface area (Å²) in [6.07, 6.45) is 3.37. The minimum atomic E-state index is 0.439. The molecule has 3 rings (SSSR count). The molecule has 0 fully saturated rings. The number of nitrogens with two attached hydrogens (primary N) is 1. The van der Waals surface area contributed by atoms with Crippen molar-refractivity contribution in [2.45, 2.75) is 0 Å². The molecule has 0 saturated heterocycles. The molecule has 0 atom stereocenters. The quantitative estimate of drug-likeness (QED) is 0.746. The summed E-state index contributed by atoms with van der Waals surface area (Å²) in [4.78, 5) is 9.11. The predicted molar refractivity (Wildman–Crippen MR) is 64.2 cm³/mol. The van der Waals surface area contributed by atoms with E-state index in [-0.39, 0.29) is 0 Å². The Bertz CT molecular complexity index is 598. The maximum Gasteiger partial charge on any atom is 0.270 e. The second-order valence-electron chi connectivity index (χ2n) is 3.52. The van der Waals surface area contributed by atoms with E-state index in [0.717, 1.165) is 10.6 Å². The van der Waals surface area contributed by atoms with E-state index in [0.29, 0.717) is 17.4 Å². The van der Waals surface area contributed by atoms with Crippen molar-refractivity contribution in [3.8, 4) is 22.3 Å². The highest BCUT2D eigenvalue weighted by Gasteiger charge is 2.15. The average molecular weight is 247 g/mol. The number of thiophene rings is 1. The van der Waals surface area contributed by atoms with E-state index in [2.05, 4.69) is 15.1 Å². The standard InChI is InChI=1S/C10H9N5OS/c1-15-5-12-4-7(15)9-13-10(16-14-9)8-6(11)2-3-17-8/h2-5H,11H2,1H3. The van der Waals surface area contributed by atoms with Crippen LogP contribution in [0.3, 0.4) is 0 Å². The molecule has 0 radical (unpaired) electrons. The van der Waals surface area contributed by atoms with Gasteiger partial charge in [0.2, 0.25) is 5.82 Å². The molecule has 17 heavy (non-hydrogen) atoms. The molecule has 0 aromatic carbocycles. The topological polar surface area (TPSA) is 82.8 Å². The van der Waals surface area contributed by atoms with Crippen LogP contribution in [0.15, 0.2) is 28.5 Å². The predicted octanol–water partition coefficient (Wildman–Crippen LogP) is 1.78.